The first kappa shape index (κ1) is 48.5. The second-order valence-electron chi connectivity index (χ2n) is 22.1. The zero-order valence-electron chi connectivity index (χ0n) is 45.7. The van der Waals surface area contributed by atoms with E-state index in [9.17, 15) is 0 Å². The Morgan fingerprint density at radius 2 is 0.854 bits per heavy atom. The van der Waals surface area contributed by atoms with Crippen molar-refractivity contribution in [3.63, 3.8) is 0 Å². The van der Waals surface area contributed by atoms with Crippen LogP contribution < -0.4 is 15.4 Å². The topological polar surface area (TPSA) is 61.0 Å². The van der Waals surface area contributed by atoms with E-state index in [1.54, 1.807) is 0 Å². The number of hydrogen-bond donors (Lipinski definition) is 2. The van der Waals surface area contributed by atoms with Crippen LogP contribution in [0.2, 0.25) is 0 Å². The minimum absolute atomic E-state index is 0.135. The highest BCUT2D eigenvalue weighted by atomic mass is 16.5. The number of nitrogens with zero attached hydrogens (tertiary/aromatic N) is 4. The normalized spacial score (nSPS) is 11.8. The van der Waals surface area contributed by atoms with Gasteiger partial charge in [0.25, 0.3) is 0 Å². The van der Waals surface area contributed by atoms with Crippen LogP contribution in [0.3, 0.4) is 0 Å². The van der Waals surface area contributed by atoms with Crippen molar-refractivity contribution in [2.45, 2.75) is 26.2 Å². The molecule has 0 spiro atoms. The highest BCUT2D eigenvalue weighted by Gasteiger charge is 2.30. The zero-order chi connectivity index (χ0) is 54.9. The Morgan fingerprint density at radius 3 is 1.43 bits per heavy atom. The standard InChI is InChI=1S/C75H56N6O/c1-75(2,3)51-44-45-76-67(46-51)81-66-48-56(82-55-33-22-28-52(47-55)77-62-38-18-19-39-63(62)78-71-57(49-24-8-4-9-25-49)36-23-37-58(71)50-26-10-5-11-27-50)42-43-61(66)70-73-68(59-34-16-20-40-64(59)80(73)54-31-14-7-15-32-54)72-69(74(70)81)60-35-17-21-41-65(60)79(72)53-29-12-6-13-30-53/h4-48,77-78H,1-3H3. The molecule has 0 saturated heterocycles. The maximum atomic E-state index is 7.03. The number of ether oxygens (including phenoxy) is 1. The lowest BCUT2D eigenvalue weighted by molar-refractivity contribution is 0.483. The summed E-state index contributed by atoms with van der Waals surface area (Å²) in [7, 11) is 0. The van der Waals surface area contributed by atoms with Crippen LogP contribution in [0.5, 0.6) is 11.5 Å². The van der Waals surface area contributed by atoms with Crippen molar-refractivity contribution in [1.82, 2.24) is 18.7 Å². The van der Waals surface area contributed by atoms with Gasteiger partial charge in [-0.2, -0.15) is 0 Å². The van der Waals surface area contributed by atoms with Crippen molar-refractivity contribution in [2.75, 3.05) is 10.6 Å². The Bertz CT molecular complexity index is 4860. The lowest BCUT2D eigenvalue weighted by Gasteiger charge is -2.20. The van der Waals surface area contributed by atoms with E-state index in [4.69, 9.17) is 9.72 Å². The molecular weight excluding hydrogens is 1000 g/mol. The minimum Gasteiger partial charge on any atom is -0.457 e. The molecular formula is C75H56N6O. The molecule has 392 valence electrons. The number of para-hydroxylation sites is 7. The molecule has 2 N–H and O–H groups in total. The summed E-state index contributed by atoms with van der Waals surface area (Å²) < 4.78 is 14.4. The molecule has 0 aliphatic carbocycles. The van der Waals surface area contributed by atoms with Gasteiger partial charge in [0.2, 0.25) is 0 Å². The van der Waals surface area contributed by atoms with Crippen molar-refractivity contribution >= 4 is 88.2 Å². The molecule has 82 heavy (non-hydrogen) atoms. The van der Waals surface area contributed by atoms with Crippen molar-refractivity contribution in [3.05, 3.63) is 279 Å². The van der Waals surface area contributed by atoms with E-state index in [0.29, 0.717) is 11.5 Å². The van der Waals surface area contributed by atoms with Crippen LogP contribution in [0.15, 0.2) is 273 Å². The molecule has 11 aromatic carbocycles. The second-order valence-corrected chi connectivity index (χ2v) is 22.1. The molecule has 0 atom stereocenters. The molecule has 4 aromatic heterocycles. The fourth-order valence-corrected chi connectivity index (χ4v) is 12.3. The van der Waals surface area contributed by atoms with Crippen LogP contribution in [-0.2, 0) is 5.41 Å². The fourth-order valence-electron chi connectivity index (χ4n) is 12.3. The summed E-state index contributed by atoms with van der Waals surface area (Å²) in [5.41, 5.74) is 18.2. The lowest BCUT2D eigenvalue weighted by Crippen LogP contribution is -2.12. The Hall–Kier alpha value is -10.6. The predicted octanol–water partition coefficient (Wildman–Crippen LogP) is 20.3. The maximum Gasteiger partial charge on any atom is 0.137 e. The molecule has 0 amide bonds. The van der Waals surface area contributed by atoms with E-state index < -0.39 is 0 Å². The molecule has 15 aromatic rings. The number of rotatable bonds is 11. The van der Waals surface area contributed by atoms with E-state index >= 15 is 0 Å². The number of anilines is 4. The first-order valence-electron chi connectivity index (χ1n) is 28.0. The van der Waals surface area contributed by atoms with E-state index in [1.165, 1.54) is 16.3 Å². The highest BCUT2D eigenvalue weighted by Crippen LogP contribution is 2.51. The van der Waals surface area contributed by atoms with Crippen LogP contribution in [0.4, 0.5) is 22.7 Å². The molecule has 0 radical (unpaired) electrons. The smallest absolute Gasteiger partial charge is 0.137 e. The van der Waals surface area contributed by atoms with Crippen molar-refractivity contribution < 1.29 is 4.74 Å². The van der Waals surface area contributed by atoms with E-state index in [-0.39, 0.29) is 5.41 Å². The summed E-state index contributed by atoms with van der Waals surface area (Å²) in [5.74, 6) is 2.24. The van der Waals surface area contributed by atoms with Gasteiger partial charge in [-0.1, -0.05) is 191 Å². The van der Waals surface area contributed by atoms with Crippen LogP contribution in [0.25, 0.3) is 105 Å². The number of nitrogens with one attached hydrogen (secondary N) is 2. The average molecular weight is 1060 g/mol. The Balaban J connectivity index is 0.921. The van der Waals surface area contributed by atoms with Crippen LogP contribution in [0, 0.1) is 0 Å². The predicted molar refractivity (Wildman–Crippen MR) is 343 cm³/mol. The zero-order valence-corrected chi connectivity index (χ0v) is 45.7. The molecule has 0 fully saturated rings. The second kappa shape index (κ2) is 19.6. The third-order valence-corrected chi connectivity index (χ3v) is 16.0. The molecule has 0 aliphatic rings. The summed E-state index contributed by atoms with van der Waals surface area (Å²) >= 11 is 0. The van der Waals surface area contributed by atoms with Gasteiger partial charge in [-0.05, 0) is 107 Å². The van der Waals surface area contributed by atoms with Gasteiger partial charge < -0.3 is 24.5 Å². The van der Waals surface area contributed by atoms with Gasteiger partial charge in [-0.15, -0.1) is 0 Å². The third kappa shape index (κ3) is 8.16. The van der Waals surface area contributed by atoms with Crippen molar-refractivity contribution in [2.24, 2.45) is 0 Å². The summed E-state index contributed by atoms with van der Waals surface area (Å²) in [6, 6.07) is 94.6. The quantitative estimate of drug-likeness (QED) is 0.136. The molecule has 0 aliphatic heterocycles. The largest absolute Gasteiger partial charge is 0.457 e. The van der Waals surface area contributed by atoms with Gasteiger partial charge in [-0.25, -0.2) is 4.98 Å². The molecule has 7 nitrogen and oxygen atoms in total. The SMILES string of the molecule is CC(C)(C)c1ccnc(-n2c3cc(Oc4cccc(Nc5ccccc5Nc5c(-c6ccccc6)cccc5-c5ccccc5)c4)ccc3c3c4c(c5ccccc5n4-c4ccccc4)c4c(c5ccccc5n4-c4ccccc4)c32)c1. The number of pyridine rings is 1. The van der Waals surface area contributed by atoms with Gasteiger partial charge in [0, 0.05) is 78.8 Å². The molecule has 0 saturated carbocycles. The Morgan fingerprint density at radius 1 is 0.378 bits per heavy atom. The van der Waals surface area contributed by atoms with E-state index in [0.717, 1.165) is 117 Å². The summed E-state index contributed by atoms with van der Waals surface area (Å²) in [6.45, 7) is 6.80. The van der Waals surface area contributed by atoms with E-state index in [2.05, 4.69) is 300 Å². The minimum atomic E-state index is -0.135. The first-order valence-corrected chi connectivity index (χ1v) is 28.0. The Labute approximate surface area is 475 Å². The number of benzene rings is 11. The molecule has 15 rings (SSSR count). The van der Waals surface area contributed by atoms with Gasteiger partial charge in [0.05, 0.1) is 50.2 Å². The number of aromatic nitrogens is 4. The van der Waals surface area contributed by atoms with Gasteiger partial charge in [-0.3, -0.25) is 4.57 Å². The maximum absolute atomic E-state index is 7.03. The lowest BCUT2D eigenvalue weighted by atomic mass is 9.88. The van der Waals surface area contributed by atoms with Crippen molar-refractivity contribution in [1.29, 1.82) is 0 Å². The van der Waals surface area contributed by atoms with Crippen LogP contribution >= 0.6 is 0 Å². The van der Waals surface area contributed by atoms with Crippen LogP contribution in [0.1, 0.15) is 26.3 Å². The average Bonchev–Trinajstić information content (AvgIpc) is 2.62. The molecule has 0 unspecified atom stereocenters. The summed E-state index contributed by atoms with van der Waals surface area (Å²) in [5, 5.41) is 14.6. The third-order valence-electron chi connectivity index (χ3n) is 16.0. The van der Waals surface area contributed by atoms with Gasteiger partial charge >= 0.3 is 0 Å². The molecule has 0 bridgehead atoms. The summed E-state index contributed by atoms with van der Waals surface area (Å²) in [4.78, 5) is 5.28. The van der Waals surface area contributed by atoms with Gasteiger partial charge in [0.1, 0.15) is 17.3 Å². The first-order chi connectivity index (χ1) is 40.3. The number of hydrogen-bond acceptors (Lipinski definition) is 4. The van der Waals surface area contributed by atoms with Gasteiger partial charge in [0.15, 0.2) is 0 Å². The molecule has 4 heterocycles. The Kier molecular flexibility index (Phi) is 11.6. The fraction of sp³-hybridized carbons (Fsp3) is 0.0533. The highest BCUT2D eigenvalue weighted by molar-refractivity contribution is 6.40. The molecule has 7 heteroatoms. The monoisotopic (exact) mass is 1060 g/mol. The van der Waals surface area contributed by atoms with Crippen molar-refractivity contribution in [3.8, 4) is 50.9 Å². The van der Waals surface area contributed by atoms with E-state index in [1.807, 2.05) is 18.3 Å². The summed E-state index contributed by atoms with van der Waals surface area (Å²) in [6.07, 6.45) is 1.97. The number of fused-ring (bicyclic) bond motifs is 12. The van der Waals surface area contributed by atoms with Crippen LogP contribution in [-0.4, -0.2) is 18.7 Å².